The summed E-state index contributed by atoms with van der Waals surface area (Å²) in [6.45, 7) is 0. The molecule has 0 N–H and O–H groups in total. The van der Waals surface area contributed by atoms with Crippen LogP contribution in [0.4, 0.5) is 0 Å². The maximum Gasteiger partial charge on any atom is -0.00141 e. The van der Waals surface area contributed by atoms with E-state index in [0.29, 0.717) is 0 Å². The van der Waals surface area contributed by atoms with E-state index in [9.17, 15) is 0 Å². The molecule has 0 fully saturated rings. The van der Waals surface area contributed by atoms with Crippen LogP contribution in [0.25, 0.3) is 97.7 Å². The maximum absolute atomic E-state index is 2.36. The van der Waals surface area contributed by atoms with Gasteiger partial charge in [0.1, 0.15) is 0 Å². The van der Waals surface area contributed by atoms with Crippen LogP contribution in [-0.2, 0) is 0 Å². The van der Waals surface area contributed by atoms with Gasteiger partial charge in [-0.15, -0.1) is 0 Å². The molecule has 202 valence electrons. The molecule has 0 atom stereocenters. The second-order valence-electron chi connectivity index (χ2n) is 12.1. The molecule has 0 unspecified atom stereocenters. The Hall–Kier alpha value is -5.72. The van der Waals surface area contributed by atoms with E-state index in [1.54, 1.807) is 0 Å². The molecule has 10 aromatic rings. The van der Waals surface area contributed by atoms with Gasteiger partial charge >= 0.3 is 0 Å². The van der Waals surface area contributed by atoms with Crippen molar-refractivity contribution in [2.75, 3.05) is 0 Å². The molecule has 0 spiro atoms. The molecule has 0 saturated carbocycles. The molecule has 0 amide bonds. The van der Waals surface area contributed by atoms with Crippen molar-refractivity contribution in [1.29, 1.82) is 0 Å². The largest absolute Gasteiger partial charge is 0.0616 e. The second kappa shape index (κ2) is 8.89. The van der Waals surface area contributed by atoms with Gasteiger partial charge in [-0.1, -0.05) is 140 Å². The summed E-state index contributed by atoms with van der Waals surface area (Å²) in [6, 6.07) is 58.6. The fraction of sp³-hybridized carbons (Fsp3) is 0. The normalized spacial score (nSPS) is 12.1. The van der Waals surface area contributed by atoms with E-state index in [1.807, 2.05) is 0 Å². The quantitative estimate of drug-likeness (QED) is 0.147. The summed E-state index contributed by atoms with van der Waals surface area (Å²) in [5.74, 6) is 0. The average molecular weight is 555 g/mol. The first-order valence-electron chi connectivity index (χ1n) is 15.3. The summed E-state index contributed by atoms with van der Waals surface area (Å²) in [5.41, 5.74) is 5.03. The Bertz CT molecular complexity index is 2760. The number of rotatable bonds is 2. The zero-order valence-electron chi connectivity index (χ0n) is 24.0. The predicted octanol–water partition coefficient (Wildman–Crippen LogP) is 12.5. The third-order valence-electron chi connectivity index (χ3n) is 9.76. The first kappa shape index (κ1) is 23.8. The van der Waals surface area contributed by atoms with E-state index >= 15 is 0 Å². The van der Waals surface area contributed by atoms with Crippen molar-refractivity contribution in [1.82, 2.24) is 0 Å². The maximum atomic E-state index is 2.36. The first-order valence-corrected chi connectivity index (χ1v) is 15.3. The van der Waals surface area contributed by atoms with Crippen molar-refractivity contribution >= 4 is 75.4 Å². The Labute approximate surface area is 254 Å². The Morgan fingerprint density at radius 3 is 1.57 bits per heavy atom. The van der Waals surface area contributed by atoms with E-state index in [1.165, 1.54) is 97.7 Å². The van der Waals surface area contributed by atoms with Gasteiger partial charge in [0, 0.05) is 0 Å². The molecule has 0 bridgehead atoms. The van der Waals surface area contributed by atoms with Gasteiger partial charge in [-0.2, -0.15) is 0 Å². The van der Waals surface area contributed by atoms with Crippen molar-refractivity contribution < 1.29 is 0 Å². The highest BCUT2D eigenvalue weighted by Gasteiger charge is 2.16. The number of benzene rings is 10. The van der Waals surface area contributed by atoms with Gasteiger partial charge in [-0.3, -0.25) is 0 Å². The van der Waals surface area contributed by atoms with Crippen LogP contribution in [0, 0.1) is 0 Å². The van der Waals surface area contributed by atoms with E-state index in [2.05, 4.69) is 158 Å². The molecule has 0 heteroatoms. The van der Waals surface area contributed by atoms with Crippen molar-refractivity contribution in [2.24, 2.45) is 0 Å². The minimum absolute atomic E-state index is 1.25. The van der Waals surface area contributed by atoms with Crippen molar-refractivity contribution in [3.8, 4) is 22.3 Å². The van der Waals surface area contributed by atoms with Gasteiger partial charge in [0.05, 0.1) is 0 Å². The fourth-order valence-electron chi connectivity index (χ4n) is 7.66. The molecular formula is C44H26. The Morgan fingerprint density at radius 1 is 0.227 bits per heavy atom. The lowest BCUT2D eigenvalue weighted by Crippen LogP contribution is -1.89. The molecule has 0 saturated heterocycles. The SMILES string of the molecule is c1ccc2c(c1)ccc1cc(-c3ccc4cc(-c5ccc6c7ccccc7c7cccc8ccc5c6c87)ccc4c3)ccc12. The molecule has 0 aromatic heterocycles. The summed E-state index contributed by atoms with van der Waals surface area (Å²) < 4.78 is 0. The van der Waals surface area contributed by atoms with Crippen molar-refractivity contribution in [3.63, 3.8) is 0 Å². The van der Waals surface area contributed by atoms with Gasteiger partial charge in [0.2, 0.25) is 0 Å². The van der Waals surface area contributed by atoms with Crippen LogP contribution < -0.4 is 0 Å². The smallest absolute Gasteiger partial charge is 0.00141 e. The first-order chi connectivity index (χ1) is 21.8. The molecular weight excluding hydrogens is 528 g/mol. The molecule has 0 aliphatic rings. The van der Waals surface area contributed by atoms with E-state index in [4.69, 9.17) is 0 Å². The van der Waals surface area contributed by atoms with Crippen molar-refractivity contribution in [3.05, 3.63) is 158 Å². The van der Waals surface area contributed by atoms with Crippen LogP contribution in [0.1, 0.15) is 0 Å². The monoisotopic (exact) mass is 554 g/mol. The molecule has 0 aliphatic carbocycles. The molecule has 0 radical (unpaired) electrons. The van der Waals surface area contributed by atoms with Crippen LogP contribution in [0.15, 0.2) is 158 Å². The van der Waals surface area contributed by atoms with Crippen LogP contribution in [0.2, 0.25) is 0 Å². The summed E-state index contributed by atoms with van der Waals surface area (Å²) in [7, 11) is 0. The van der Waals surface area contributed by atoms with E-state index in [0.717, 1.165) is 0 Å². The topological polar surface area (TPSA) is 0 Å². The lowest BCUT2D eigenvalue weighted by atomic mass is 9.86. The van der Waals surface area contributed by atoms with E-state index in [-0.39, 0.29) is 0 Å². The van der Waals surface area contributed by atoms with Gasteiger partial charge in [-0.05, 0) is 116 Å². The highest BCUT2D eigenvalue weighted by atomic mass is 14.2. The number of hydrogen-bond donors (Lipinski definition) is 0. The molecule has 10 aromatic carbocycles. The minimum Gasteiger partial charge on any atom is -0.0616 e. The van der Waals surface area contributed by atoms with E-state index < -0.39 is 0 Å². The third kappa shape index (κ3) is 3.34. The lowest BCUT2D eigenvalue weighted by molar-refractivity contribution is 1.67. The van der Waals surface area contributed by atoms with Crippen LogP contribution in [0.5, 0.6) is 0 Å². The zero-order valence-corrected chi connectivity index (χ0v) is 24.0. The van der Waals surface area contributed by atoms with Gasteiger partial charge in [0.15, 0.2) is 0 Å². The summed E-state index contributed by atoms with van der Waals surface area (Å²) in [5, 5.41) is 18.4. The van der Waals surface area contributed by atoms with Crippen molar-refractivity contribution in [2.45, 2.75) is 0 Å². The molecule has 44 heavy (non-hydrogen) atoms. The number of hydrogen-bond acceptors (Lipinski definition) is 0. The summed E-state index contributed by atoms with van der Waals surface area (Å²) >= 11 is 0. The zero-order chi connectivity index (χ0) is 28.8. The van der Waals surface area contributed by atoms with Gasteiger partial charge in [-0.25, -0.2) is 0 Å². The number of fused-ring (bicyclic) bond motifs is 7. The molecule has 0 aliphatic heterocycles. The Balaban J connectivity index is 1.12. The average Bonchev–Trinajstić information content (AvgIpc) is 3.10. The van der Waals surface area contributed by atoms with Crippen LogP contribution in [0.3, 0.4) is 0 Å². The van der Waals surface area contributed by atoms with Gasteiger partial charge in [0.25, 0.3) is 0 Å². The molecule has 0 heterocycles. The third-order valence-corrected chi connectivity index (χ3v) is 9.76. The Morgan fingerprint density at radius 2 is 0.727 bits per heavy atom. The summed E-state index contributed by atoms with van der Waals surface area (Å²) in [6.07, 6.45) is 0. The van der Waals surface area contributed by atoms with Crippen LogP contribution >= 0.6 is 0 Å². The Kier molecular flexibility index (Phi) is 4.81. The molecule has 10 rings (SSSR count). The fourth-order valence-corrected chi connectivity index (χ4v) is 7.66. The standard InChI is InChI=1S/C44H26/c1-2-8-35-27(6-1)12-16-33-26-32(19-20-36(33)35)29-13-14-31-25-34(17-15-30(31)24-29)37-22-23-42-39-10-4-3-9-38(39)40-11-5-7-28-18-21-41(37)44(42)43(28)40/h1-26H. The van der Waals surface area contributed by atoms with Crippen LogP contribution in [-0.4, -0.2) is 0 Å². The molecule has 0 nitrogen and oxygen atoms in total. The minimum atomic E-state index is 1.25. The predicted molar refractivity (Wildman–Crippen MR) is 191 cm³/mol. The highest BCUT2D eigenvalue weighted by Crippen LogP contribution is 2.44. The van der Waals surface area contributed by atoms with Gasteiger partial charge < -0.3 is 0 Å². The second-order valence-corrected chi connectivity index (χ2v) is 12.1. The highest BCUT2D eigenvalue weighted by molar-refractivity contribution is 6.35. The lowest BCUT2D eigenvalue weighted by Gasteiger charge is -2.17. The summed E-state index contributed by atoms with van der Waals surface area (Å²) in [4.78, 5) is 0.